The molecule has 0 amide bonds. The van der Waals surface area contributed by atoms with Crippen LogP contribution in [-0.2, 0) is 12.8 Å². The second kappa shape index (κ2) is 5.86. The van der Waals surface area contributed by atoms with Crippen molar-refractivity contribution in [3.05, 3.63) is 26.6 Å². The summed E-state index contributed by atoms with van der Waals surface area (Å²) in [6.07, 6.45) is 7.81. The molecular weight excluding hydrogens is 292 g/mol. The lowest BCUT2D eigenvalue weighted by Crippen LogP contribution is -2.13. The second-order valence-corrected chi connectivity index (χ2v) is 7.04. The highest BCUT2D eigenvalue weighted by Gasteiger charge is 2.19. The van der Waals surface area contributed by atoms with Gasteiger partial charge in [-0.05, 0) is 37.7 Å². The molecule has 1 aliphatic rings. The molecule has 3 nitrogen and oxygen atoms in total. The van der Waals surface area contributed by atoms with Gasteiger partial charge in [0.15, 0.2) is 0 Å². The average molecular weight is 311 g/mol. The molecule has 0 saturated carbocycles. The third-order valence-corrected chi connectivity index (χ3v) is 5.70. The highest BCUT2D eigenvalue weighted by Crippen LogP contribution is 2.33. The minimum absolute atomic E-state index is 0.0119. The third-order valence-electron chi connectivity index (χ3n) is 4.00. The highest BCUT2D eigenvalue weighted by molar-refractivity contribution is 7.18. The molecule has 2 aromatic heterocycles. The fourth-order valence-corrected chi connectivity index (χ4v) is 4.25. The molecule has 0 fully saturated rings. The Labute approximate surface area is 127 Å². The number of fused-ring (bicyclic) bond motifs is 3. The highest BCUT2D eigenvalue weighted by atomic mass is 35.5. The Kier molecular flexibility index (Phi) is 4.13. The Morgan fingerprint density at radius 1 is 1.30 bits per heavy atom. The molecule has 0 radical (unpaired) electrons. The van der Waals surface area contributed by atoms with Crippen LogP contribution in [-0.4, -0.2) is 9.97 Å². The maximum atomic E-state index is 12.4. The van der Waals surface area contributed by atoms with Gasteiger partial charge < -0.3 is 4.98 Å². The quantitative estimate of drug-likeness (QED) is 0.839. The number of alkyl halides is 1. The number of nitrogens with one attached hydrogen (secondary N) is 1. The number of aromatic nitrogens is 2. The normalized spacial score (nSPS) is 17.5. The van der Waals surface area contributed by atoms with Gasteiger partial charge in [0.05, 0.1) is 10.8 Å². The van der Waals surface area contributed by atoms with Gasteiger partial charge in [-0.1, -0.05) is 19.8 Å². The molecule has 0 aliphatic heterocycles. The van der Waals surface area contributed by atoms with E-state index in [0.29, 0.717) is 5.82 Å². The summed E-state index contributed by atoms with van der Waals surface area (Å²) >= 11 is 7.90. The second-order valence-electron chi connectivity index (χ2n) is 5.43. The average Bonchev–Trinajstić information content (AvgIpc) is 2.75. The maximum Gasteiger partial charge on any atom is 0.259 e. The van der Waals surface area contributed by atoms with Crippen molar-refractivity contribution in [2.45, 2.75) is 57.2 Å². The Balaban J connectivity index is 2.16. The molecule has 0 spiro atoms. The zero-order valence-electron chi connectivity index (χ0n) is 11.7. The fraction of sp³-hybridized carbons (Fsp3) is 0.600. The summed E-state index contributed by atoms with van der Waals surface area (Å²) < 4.78 is 0. The number of hydrogen-bond acceptors (Lipinski definition) is 3. The van der Waals surface area contributed by atoms with Crippen molar-refractivity contribution < 1.29 is 0 Å². The largest absolute Gasteiger partial charge is 0.309 e. The molecular formula is C15H19ClN2OS. The lowest BCUT2D eigenvalue weighted by molar-refractivity contribution is 0.623. The SMILES string of the molecule is CCC(Cl)c1nc2sc3c(c2c(=O)[nH]1)CCCCCC3. The predicted octanol–water partition coefficient (Wildman–Crippen LogP) is 4.33. The third kappa shape index (κ3) is 2.51. The standard InChI is InChI=1S/C15H19ClN2OS/c1-2-10(16)13-17-14(19)12-9-7-5-3-4-6-8-11(9)20-15(12)18-13/h10H,2-8H2,1H3,(H,17,18,19). The molecule has 0 bridgehead atoms. The monoisotopic (exact) mass is 310 g/mol. The molecule has 20 heavy (non-hydrogen) atoms. The van der Waals surface area contributed by atoms with Gasteiger partial charge in [0.25, 0.3) is 5.56 Å². The molecule has 1 atom stereocenters. The van der Waals surface area contributed by atoms with Crippen molar-refractivity contribution in [3.8, 4) is 0 Å². The Bertz CT molecular complexity index is 676. The van der Waals surface area contributed by atoms with Crippen LogP contribution in [0.3, 0.4) is 0 Å². The van der Waals surface area contributed by atoms with E-state index >= 15 is 0 Å². The molecule has 2 heterocycles. The van der Waals surface area contributed by atoms with Crippen molar-refractivity contribution in [2.75, 3.05) is 0 Å². The molecule has 108 valence electrons. The van der Waals surface area contributed by atoms with Crippen LogP contribution in [0.2, 0.25) is 0 Å². The Morgan fingerprint density at radius 3 is 2.80 bits per heavy atom. The van der Waals surface area contributed by atoms with Gasteiger partial charge >= 0.3 is 0 Å². The van der Waals surface area contributed by atoms with Crippen molar-refractivity contribution in [2.24, 2.45) is 0 Å². The van der Waals surface area contributed by atoms with Crippen LogP contribution in [0, 0.1) is 0 Å². The first kappa shape index (κ1) is 14.1. The summed E-state index contributed by atoms with van der Waals surface area (Å²) in [5.74, 6) is 0.612. The number of H-pyrrole nitrogens is 1. The van der Waals surface area contributed by atoms with Crippen molar-refractivity contribution in [1.82, 2.24) is 9.97 Å². The number of halogens is 1. The van der Waals surface area contributed by atoms with E-state index in [2.05, 4.69) is 9.97 Å². The summed E-state index contributed by atoms with van der Waals surface area (Å²) in [6.45, 7) is 2.00. The summed E-state index contributed by atoms with van der Waals surface area (Å²) in [4.78, 5) is 22.1. The maximum absolute atomic E-state index is 12.4. The van der Waals surface area contributed by atoms with Crippen LogP contribution < -0.4 is 5.56 Å². The molecule has 3 rings (SSSR count). The smallest absolute Gasteiger partial charge is 0.259 e. The number of rotatable bonds is 2. The summed E-state index contributed by atoms with van der Waals surface area (Å²) in [5, 5.41) is 0.604. The molecule has 0 aromatic carbocycles. The number of thiophene rings is 1. The van der Waals surface area contributed by atoms with E-state index in [-0.39, 0.29) is 10.9 Å². The zero-order chi connectivity index (χ0) is 14.1. The van der Waals surface area contributed by atoms with Gasteiger partial charge in [-0.2, -0.15) is 0 Å². The first-order valence-electron chi connectivity index (χ1n) is 7.39. The van der Waals surface area contributed by atoms with Crippen LogP contribution >= 0.6 is 22.9 Å². The predicted molar refractivity (Wildman–Crippen MR) is 85.0 cm³/mol. The van der Waals surface area contributed by atoms with Crippen molar-refractivity contribution in [3.63, 3.8) is 0 Å². The van der Waals surface area contributed by atoms with Crippen LogP contribution in [0.25, 0.3) is 10.2 Å². The van der Waals surface area contributed by atoms with Crippen LogP contribution in [0.4, 0.5) is 0 Å². The summed E-state index contributed by atoms with van der Waals surface area (Å²) in [5.41, 5.74) is 1.23. The summed E-state index contributed by atoms with van der Waals surface area (Å²) in [6, 6.07) is 0. The molecule has 2 aromatic rings. The van der Waals surface area contributed by atoms with Gasteiger partial charge in [-0.3, -0.25) is 4.79 Å². The first-order valence-corrected chi connectivity index (χ1v) is 8.64. The lowest BCUT2D eigenvalue weighted by atomic mass is 9.98. The van der Waals surface area contributed by atoms with Gasteiger partial charge in [0, 0.05) is 4.88 Å². The Morgan fingerprint density at radius 2 is 2.05 bits per heavy atom. The van der Waals surface area contributed by atoms with E-state index in [1.807, 2.05) is 6.92 Å². The number of hydrogen-bond donors (Lipinski definition) is 1. The summed E-state index contributed by atoms with van der Waals surface area (Å²) in [7, 11) is 0. The molecule has 1 unspecified atom stereocenters. The van der Waals surface area contributed by atoms with Gasteiger partial charge in [-0.15, -0.1) is 22.9 Å². The molecule has 0 saturated heterocycles. The van der Waals surface area contributed by atoms with E-state index < -0.39 is 0 Å². The van der Waals surface area contributed by atoms with Crippen LogP contribution in [0.5, 0.6) is 0 Å². The number of aromatic amines is 1. The van der Waals surface area contributed by atoms with Crippen molar-refractivity contribution in [1.29, 1.82) is 0 Å². The van der Waals surface area contributed by atoms with Gasteiger partial charge in [0.1, 0.15) is 10.7 Å². The van der Waals surface area contributed by atoms with E-state index in [1.54, 1.807) is 11.3 Å². The Hall–Kier alpha value is -0.870. The van der Waals surface area contributed by atoms with Gasteiger partial charge in [-0.25, -0.2) is 4.98 Å². The van der Waals surface area contributed by atoms with Gasteiger partial charge in [0.2, 0.25) is 0 Å². The molecule has 5 heteroatoms. The van der Waals surface area contributed by atoms with E-state index in [4.69, 9.17) is 11.6 Å². The van der Waals surface area contributed by atoms with Crippen LogP contribution in [0.15, 0.2) is 4.79 Å². The number of aryl methyl sites for hydroxylation is 2. The number of nitrogens with zero attached hydrogens (tertiary/aromatic N) is 1. The first-order chi connectivity index (χ1) is 9.70. The fourth-order valence-electron chi connectivity index (χ4n) is 2.88. The van der Waals surface area contributed by atoms with Crippen LogP contribution in [0.1, 0.15) is 60.7 Å². The van der Waals surface area contributed by atoms with E-state index in [0.717, 1.165) is 29.5 Å². The molecule has 1 aliphatic carbocycles. The minimum Gasteiger partial charge on any atom is -0.309 e. The van der Waals surface area contributed by atoms with E-state index in [1.165, 1.54) is 36.1 Å². The minimum atomic E-state index is -0.211. The van der Waals surface area contributed by atoms with Crippen molar-refractivity contribution >= 4 is 33.2 Å². The lowest BCUT2D eigenvalue weighted by Gasteiger charge is -2.09. The molecule has 1 N–H and O–H groups in total. The van der Waals surface area contributed by atoms with E-state index in [9.17, 15) is 4.79 Å². The zero-order valence-corrected chi connectivity index (χ0v) is 13.2. The topological polar surface area (TPSA) is 45.8 Å².